The van der Waals surface area contributed by atoms with Gasteiger partial charge in [-0.05, 0) is 82.9 Å². The van der Waals surface area contributed by atoms with E-state index in [0.29, 0.717) is 0 Å². The molecule has 0 amide bonds. The van der Waals surface area contributed by atoms with Gasteiger partial charge in [0, 0.05) is 33.0 Å². The van der Waals surface area contributed by atoms with Gasteiger partial charge in [-0.3, -0.25) is 9.97 Å². The molecule has 5 nitrogen and oxygen atoms in total. The molecule has 0 fully saturated rings. The van der Waals surface area contributed by atoms with E-state index in [1.165, 1.54) is 42.7 Å². The second-order valence-electron chi connectivity index (χ2n) is 13.7. The van der Waals surface area contributed by atoms with E-state index in [1.807, 2.05) is 36.3 Å². The molecular formula is C47H28N4OS. The Labute approximate surface area is 309 Å². The maximum Gasteiger partial charge on any atom is 0.151 e. The van der Waals surface area contributed by atoms with E-state index in [9.17, 15) is 0 Å². The monoisotopic (exact) mass is 696 g/mol. The number of nitrogens with zero attached hydrogens (tertiary/aromatic N) is 4. The minimum absolute atomic E-state index is 0.667. The highest BCUT2D eigenvalue weighted by atomic mass is 32.2. The van der Waals surface area contributed by atoms with Gasteiger partial charge in [-0.2, -0.15) is 0 Å². The normalized spacial score (nSPS) is 14.2. The summed E-state index contributed by atoms with van der Waals surface area (Å²) in [6.45, 7) is 0. The summed E-state index contributed by atoms with van der Waals surface area (Å²) in [7, 11) is 0. The predicted octanol–water partition coefficient (Wildman–Crippen LogP) is 12.0. The van der Waals surface area contributed by atoms with Gasteiger partial charge in [0.2, 0.25) is 0 Å². The maximum atomic E-state index is 6.50. The van der Waals surface area contributed by atoms with E-state index in [2.05, 4.69) is 155 Å². The Balaban J connectivity index is 1.23. The first-order valence-electron chi connectivity index (χ1n) is 17.8. The first-order valence-corrected chi connectivity index (χ1v) is 18.6. The number of para-hydroxylation sites is 6. The van der Waals surface area contributed by atoms with Crippen molar-refractivity contribution in [3.8, 4) is 28.6 Å². The van der Waals surface area contributed by atoms with E-state index in [-0.39, 0.29) is 0 Å². The molecule has 0 bridgehead atoms. The van der Waals surface area contributed by atoms with Crippen LogP contribution >= 0.6 is 11.8 Å². The Kier molecular flexibility index (Phi) is 5.85. The topological polar surface area (TPSA) is 43.2 Å². The minimum Gasteiger partial charge on any atom is -0.453 e. The molecule has 1 spiro atoms. The molecule has 3 aliphatic rings. The molecule has 0 radical (unpaired) electrons. The minimum atomic E-state index is -0.667. The second-order valence-corrected chi connectivity index (χ2v) is 14.7. The molecule has 2 aliphatic heterocycles. The van der Waals surface area contributed by atoms with Crippen LogP contribution in [0.4, 0.5) is 17.1 Å². The number of rotatable bonds is 2. The third-order valence-electron chi connectivity index (χ3n) is 11.1. The summed E-state index contributed by atoms with van der Waals surface area (Å²) in [5.74, 6) is 1.66. The number of aromatic nitrogens is 3. The summed E-state index contributed by atoms with van der Waals surface area (Å²) in [5, 5.41) is 2.48. The van der Waals surface area contributed by atoms with Crippen LogP contribution in [-0.4, -0.2) is 14.5 Å². The Hall–Kier alpha value is -6.63. The fourth-order valence-corrected chi connectivity index (χ4v) is 10.5. The molecule has 248 valence electrons. The largest absolute Gasteiger partial charge is 0.453 e. The number of anilines is 3. The zero-order valence-electron chi connectivity index (χ0n) is 28.3. The molecule has 1 aliphatic carbocycles. The van der Waals surface area contributed by atoms with Crippen LogP contribution in [0.2, 0.25) is 0 Å². The fraction of sp³-hybridized carbons (Fsp3) is 0.0213. The lowest BCUT2D eigenvalue weighted by molar-refractivity contribution is 0.477. The Morgan fingerprint density at radius 2 is 0.906 bits per heavy atom. The first kappa shape index (κ1) is 29.0. The van der Waals surface area contributed by atoms with Gasteiger partial charge >= 0.3 is 0 Å². The van der Waals surface area contributed by atoms with E-state index < -0.39 is 5.41 Å². The van der Waals surface area contributed by atoms with Crippen molar-refractivity contribution in [1.29, 1.82) is 0 Å². The Morgan fingerprint density at radius 1 is 0.434 bits per heavy atom. The molecule has 6 aromatic carbocycles. The van der Waals surface area contributed by atoms with Crippen LogP contribution in [0.1, 0.15) is 22.3 Å². The zero-order chi connectivity index (χ0) is 34.7. The van der Waals surface area contributed by atoms with E-state index in [1.54, 1.807) is 0 Å². The lowest BCUT2D eigenvalue weighted by Gasteiger charge is -2.42. The second kappa shape index (κ2) is 10.7. The van der Waals surface area contributed by atoms with Crippen LogP contribution in [0.3, 0.4) is 0 Å². The third-order valence-corrected chi connectivity index (χ3v) is 12.4. The standard InChI is InChI=1S/C47H28N4OS/c1-3-19-35-29(13-1)30-14-2-4-20-36(30)50(35)39-23-9-15-33-45(39)53-46-34(47(33)31-17-11-27-48-43(31)44-32(47)18-12-28-49-44)16-10-24-40(46)51-37-21-5-7-25-41(37)52-42-26-8-6-22-38(42)51/h1-28H. The molecule has 0 unspecified atom stereocenters. The quantitative estimate of drug-likeness (QED) is 0.180. The molecule has 3 aromatic heterocycles. The van der Waals surface area contributed by atoms with Gasteiger partial charge in [-0.1, -0.05) is 109 Å². The Morgan fingerprint density at radius 3 is 1.51 bits per heavy atom. The van der Waals surface area contributed by atoms with Crippen molar-refractivity contribution in [2.75, 3.05) is 4.90 Å². The summed E-state index contributed by atoms with van der Waals surface area (Å²) in [4.78, 5) is 14.8. The number of benzene rings is 6. The van der Waals surface area contributed by atoms with Crippen molar-refractivity contribution in [2.45, 2.75) is 15.2 Å². The van der Waals surface area contributed by atoms with Gasteiger partial charge in [0.05, 0.1) is 50.6 Å². The van der Waals surface area contributed by atoms with Crippen molar-refractivity contribution < 1.29 is 4.74 Å². The SMILES string of the molecule is c1ccc2c(c1)Oc1ccccc1N2c1cccc2c1Sc1c(-n3c4ccccc4c4ccccc43)cccc1C21c2cccnc2-c2ncccc21. The van der Waals surface area contributed by atoms with Gasteiger partial charge in [0.15, 0.2) is 11.5 Å². The molecule has 9 aromatic rings. The van der Waals surface area contributed by atoms with Gasteiger partial charge in [0.25, 0.3) is 0 Å². The molecule has 6 heteroatoms. The van der Waals surface area contributed by atoms with Crippen molar-refractivity contribution in [3.05, 3.63) is 192 Å². The third kappa shape index (κ3) is 3.72. The summed E-state index contributed by atoms with van der Waals surface area (Å²) >= 11 is 1.86. The van der Waals surface area contributed by atoms with Crippen LogP contribution in [0.15, 0.2) is 180 Å². The molecule has 0 saturated carbocycles. The van der Waals surface area contributed by atoms with E-state index in [0.717, 1.165) is 56.8 Å². The highest BCUT2D eigenvalue weighted by Crippen LogP contribution is 2.65. The van der Waals surface area contributed by atoms with Crippen molar-refractivity contribution in [3.63, 3.8) is 0 Å². The highest BCUT2D eigenvalue weighted by molar-refractivity contribution is 7.99. The molecule has 0 N–H and O–H groups in total. The molecule has 12 rings (SSSR count). The number of fused-ring (bicyclic) bond motifs is 14. The summed E-state index contributed by atoms with van der Waals surface area (Å²) < 4.78 is 8.96. The van der Waals surface area contributed by atoms with E-state index >= 15 is 0 Å². The molecule has 5 heterocycles. The van der Waals surface area contributed by atoms with Gasteiger partial charge in [-0.15, -0.1) is 0 Å². The van der Waals surface area contributed by atoms with Crippen LogP contribution in [0.5, 0.6) is 11.5 Å². The van der Waals surface area contributed by atoms with Gasteiger partial charge < -0.3 is 14.2 Å². The number of ether oxygens (including phenoxy) is 1. The zero-order valence-corrected chi connectivity index (χ0v) is 29.1. The first-order chi connectivity index (χ1) is 26.3. The van der Waals surface area contributed by atoms with Crippen LogP contribution < -0.4 is 9.64 Å². The van der Waals surface area contributed by atoms with Crippen LogP contribution in [0, 0.1) is 0 Å². The van der Waals surface area contributed by atoms with Crippen molar-refractivity contribution in [1.82, 2.24) is 14.5 Å². The molecule has 0 saturated heterocycles. The molecule has 53 heavy (non-hydrogen) atoms. The summed E-state index contributed by atoms with van der Waals surface area (Å²) in [6, 6.07) is 56.5. The lowest BCUT2D eigenvalue weighted by atomic mass is 9.67. The molecular weight excluding hydrogens is 669 g/mol. The maximum absolute atomic E-state index is 6.50. The Bertz CT molecular complexity index is 2860. The van der Waals surface area contributed by atoms with Gasteiger partial charge in [-0.25, -0.2) is 0 Å². The van der Waals surface area contributed by atoms with Crippen molar-refractivity contribution >= 4 is 50.6 Å². The fourth-order valence-electron chi connectivity index (χ4n) is 9.12. The van der Waals surface area contributed by atoms with Crippen molar-refractivity contribution in [2.24, 2.45) is 0 Å². The number of hydrogen-bond acceptors (Lipinski definition) is 5. The smallest absolute Gasteiger partial charge is 0.151 e. The van der Waals surface area contributed by atoms with Crippen LogP contribution in [0.25, 0.3) is 38.9 Å². The number of pyridine rings is 2. The lowest BCUT2D eigenvalue weighted by Crippen LogP contribution is -2.33. The number of hydrogen-bond donors (Lipinski definition) is 0. The van der Waals surface area contributed by atoms with Gasteiger partial charge in [0.1, 0.15) is 0 Å². The summed E-state index contributed by atoms with van der Waals surface area (Å²) in [6.07, 6.45) is 3.78. The average molecular weight is 697 g/mol. The van der Waals surface area contributed by atoms with E-state index in [4.69, 9.17) is 14.7 Å². The summed E-state index contributed by atoms with van der Waals surface area (Å²) in [5.41, 5.74) is 12.6. The average Bonchev–Trinajstić information content (AvgIpc) is 3.71. The highest BCUT2D eigenvalue weighted by Gasteiger charge is 2.53. The molecule has 0 atom stereocenters. The predicted molar refractivity (Wildman–Crippen MR) is 213 cm³/mol. The van der Waals surface area contributed by atoms with Crippen LogP contribution in [-0.2, 0) is 5.41 Å².